The lowest BCUT2D eigenvalue weighted by molar-refractivity contribution is -0.137. The van der Waals surface area contributed by atoms with Crippen molar-refractivity contribution in [1.82, 2.24) is 4.90 Å². The molecule has 0 unspecified atom stereocenters. The maximum absolute atomic E-state index is 13.8. The Morgan fingerprint density at radius 2 is 1.63 bits per heavy atom. The van der Waals surface area contributed by atoms with E-state index in [-0.39, 0.29) is 11.5 Å². The lowest BCUT2D eigenvalue weighted by Crippen LogP contribution is -2.47. The number of hydrogen-bond donors (Lipinski definition) is 0. The molecule has 0 bridgehead atoms. The second kappa shape index (κ2) is 7.68. The fourth-order valence-electron chi connectivity index (χ4n) is 5.42. The SMILES string of the molecule is CC(C)(C)C(=O)[C@H]1[C@H]2C(=O)N(c3ccc(Cl)c(C(F)(F)F)c3)C(=O)[C@@H]2[C@H]2c3ccccc3C=CN21. The van der Waals surface area contributed by atoms with E-state index in [4.69, 9.17) is 11.6 Å². The molecule has 2 aromatic carbocycles. The van der Waals surface area contributed by atoms with Crippen LogP contribution in [0.3, 0.4) is 0 Å². The number of nitrogens with zero attached hydrogens (tertiary/aromatic N) is 2. The van der Waals surface area contributed by atoms with Gasteiger partial charge < -0.3 is 4.90 Å². The van der Waals surface area contributed by atoms with Crippen molar-refractivity contribution in [3.8, 4) is 0 Å². The summed E-state index contributed by atoms with van der Waals surface area (Å²) in [5.41, 5.74) is -0.497. The van der Waals surface area contributed by atoms with Crippen LogP contribution in [0.15, 0.2) is 48.7 Å². The topological polar surface area (TPSA) is 57.7 Å². The van der Waals surface area contributed by atoms with Crippen LogP contribution >= 0.6 is 11.6 Å². The molecule has 182 valence electrons. The van der Waals surface area contributed by atoms with Gasteiger partial charge in [-0.05, 0) is 35.4 Å². The van der Waals surface area contributed by atoms with E-state index < -0.39 is 57.9 Å². The molecule has 3 aliphatic rings. The summed E-state index contributed by atoms with van der Waals surface area (Å²) in [6.45, 7) is 5.23. The first-order chi connectivity index (χ1) is 16.3. The highest BCUT2D eigenvalue weighted by Gasteiger charge is 2.65. The molecule has 5 rings (SSSR count). The normalized spacial score (nSPS) is 25.6. The van der Waals surface area contributed by atoms with Gasteiger partial charge in [0, 0.05) is 11.6 Å². The van der Waals surface area contributed by atoms with Gasteiger partial charge in [-0.1, -0.05) is 56.6 Å². The standard InChI is InChI=1S/C26H22ClF3N2O3/c1-25(2,3)22(33)21-19-18(20-15-7-5-4-6-13(15)10-11-31(20)21)23(34)32(24(19)35)14-8-9-17(27)16(12-14)26(28,29)30/h4-12,18-21H,1-3H3/t18-,19-,20+,21+/m0/s1. The van der Waals surface area contributed by atoms with Crippen LogP contribution in [0.25, 0.3) is 6.08 Å². The molecule has 2 aromatic rings. The summed E-state index contributed by atoms with van der Waals surface area (Å²) in [6, 6.07) is 8.85. The molecule has 9 heteroatoms. The average Bonchev–Trinajstić information content (AvgIpc) is 3.25. The van der Waals surface area contributed by atoms with Gasteiger partial charge in [-0.2, -0.15) is 13.2 Å². The smallest absolute Gasteiger partial charge is 0.359 e. The summed E-state index contributed by atoms with van der Waals surface area (Å²) < 4.78 is 40.5. The number of carbonyl (C=O) groups excluding carboxylic acids is 3. The Labute approximate surface area is 205 Å². The summed E-state index contributed by atoms with van der Waals surface area (Å²) in [6.07, 6.45) is -1.17. The van der Waals surface area contributed by atoms with Crippen LogP contribution in [-0.4, -0.2) is 28.5 Å². The zero-order valence-electron chi connectivity index (χ0n) is 19.1. The molecular weight excluding hydrogens is 481 g/mol. The number of Topliss-reactive ketones (excluding diaryl/α,β-unsaturated/α-hetero) is 1. The van der Waals surface area contributed by atoms with E-state index in [9.17, 15) is 27.6 Å². The first-order valence-corrected chi connectivity index (χ1v) is 11.5. The van der Waals surface area contributed by atoms with E-state index in [0.29, 0.717) is 6.07 Å². The van der Waals surface area contributed by atoms with Crippen LogP contribution < -0.4 is 4.90 Å². The average molecular weight is 503 g/mol. The molecule has 0 aliphatic carbocycles. The number of amides is 2. The van der Waals surface area contributed by atoms with Gasteiger partial charge in [-0.3, -0.25) is 14.4 Å². The van der Waals surface area contributed by atoms with Crippen LogP contribution in [0.4, 0.5) is 18.9 Å². The molecule has 0 radical (unpaired) electrons. The number of imide groups is 1. The first kappa shape index (κ1) is 23.6. The molecule has 2 amide bonds. The van der Waals surface area contributed by atoms with Gasteiger partial charge in [-0.15, -0.1) is 0 Å². The minimum Gasteiger partial charge on any atom is -0.359 e. The number of carbonyl (C=O) groups is 3. The molecule has 0 N–H and O–H groups in total. The van der Waals surface area contributed by atoms with E-state index >= 15 is 0 Å². The molecule has 4 atom stereocenters. The summed E-state index contributed by atoms with van der Waals surface area (Å²) in [7, 11) is 0. The largest absolute Gasteiger partial charge is 0.417 e. The van der Waals surface area contributed by atoms with Crippen molar-refractivity contribution in [3.63, 3.8) is 0 Å². The maximum Gasteiger partial charge on any atom is 0.417 e. The highest BCUT2D eigenvalue weighted by Crippen LogP contribution is 2.54. The van der Waals surface area contributed by atoms with Crippen molar-refractivity contribution in [3.05, 3.63) is 70.4 Å². The molecule has 2 fully saturated rings. The first-order valence-electron chi connectivity index (χ1n) is 11.2. The van der Waals surface area contributed by atoms with Gasteiger partial charge >= 0.3 is 6.18 Å². The predicted octanol–water partition coefficient (Wildman–Crippen LogP) is 5.49. The zero-order chi connectivity index (χ0) is 25.4. The third kappa shape index (κ3) is 3.49. The van der Waals surface area contributed by atoms with Crippen molar-refractivity contribution in [2.24, 2.45) is 17.3 Å². The summed E-state index contributed by atoms with van der Waals surface area (Å²) >= 11 is 5.75. The number of halogens is 4. The number of ketones is 1. The van der Waals surface area contributed by atoms with Gasteiger partial charge in [-0.25, -0.2) is 4.90 Å². The Kier molecular flexibility index (Phi) is 5.18. The van der Waals surface area contributed by atoms with Gasteiger partial charge in [0.2, 0.25) is 11.8 Å². The summed E-state index contributed by atoms with van der Waals surface area (Å²) in [5.74, 6) is -3.47. The third-order valence-electron chi connectivity index (χ3n) is 6.98. The van der Waals surface area contributed by atoms with Crippen molar-refractivity contribution in [1.29, 1.82) is 0 Å². The minimum absolute atomic E-state index is 0.209. The molecule has 35 heavy (non-hydrogen) atoms. The van der Waals surface area contributed by atoms with E-state index in [1.807, 2.05) is 30.3 Å². The molecule has 0 spiro atoms. The van der Waals surface area contributed by atoms with Crippen molar-refractivity contribution in [2.75, 3.05) is 4.90 Å². The summed E-state index contributed by atoms with van der Waals surface area (Å²) in [5, 5.41) is -0.529. The number of benzene rings is 2. The molecule has 0 saturated carbocycles. The Morgan fingerprint density at radius 3 is 2.29 bits per heavy atom. The van der Waals surface area contributed by atoms with E-state index in [1.165, 1.54) is 6.07 Å². The summed E-state index contributed by atoms with van der Waals surface area (Å²) in [4.78, 5) is 43.6. The van der Waals surface area contributed by atoms with Crippen LogP contribution in [0.1, 0.15) is 43.5 Å². The van der Waals surface area contributed by atoms with E-state index in [1.54, 1.807) is 31.9 Å². The Bertz CT molecular complexity index is 1300. The molecule has 3 heterocycles. The lowest BCUT2D eigenvalue weighted by Gasteiger charge is -2.37. The van der Waals surface area contributed by atoms with Gasteiger partial charge in [0.15, 0.2) is 5.78 Å². The van der Waals surface area contributed by atoms with Crippen molar-refractivity contribution < 1.29 is 27.6 Å². The number of fused-ring (bicyclic) bond motifs is 5. The Balaban J connectivity index is 1.66. The highest BCUT2D eigenvalue weighted by molar-refractivity contribution is 6.32. The second-order valence-corrected chi connectivity index (χ2v) is 10.5. The van der Waals surface area contributed by atoms with Crippen LogP contribution in [0.2, 0.25) is 5.02 Å². The fourth-order valence-corrected chi connectivity index (χ4v) is 5.65. The van der Waals surface area contributed by atoms with E-state index in [2.05, 4.69) is 0 Å². The molecule has 3 aliphatic heterocycles. The van der Waals surface area contributed by atoms with Gasteiger partial charge in [0.05, 0.1) is 34.2 Å². The number of rotatable bonds is 2. The quantitative estimate of drug-likeness (QED) is 0.510. The molecule has 5 nitrogen and oxygen atoms in total. The maximum atomic E-state index is 13.8. The van der Waals surface area contributed by atoms with Gasteiger partial charge in [0.25, 0.3) is 0 Å². The lowest BCUT2D eigenvalue weighted by atomic mass is 9.79. The zero-order valence-corrected chi connectivity index (χ0v) is 19.9. The molecule has 2 saturated heterocycles. The monoisotopic (exact) mass is 502 g/mol. The van der Waals surface area contributed by atoms with Crippen molar-refractivity contribution in [2.45, 2.75) is 39.0 Å². The van der Waals surface area contributed by atoms with Crippen LogP contribution in [-0.2, 0) is 20.6 Å². The second-order valence-electron chi connectivity index (χ2n) is 10.1. The Hall–Kier alpha value is -3.13. The molecule has 0 aromatic heterocycles. The van der Waals surface area contributed by atoms with Crippen molar-refractivity contribution >= 4 is 41.0 Å². The number of hydrogen-bond acceptors (Lipinski definition) is 4. The van der Waals surface area contributed by atoms with Crippen LogP contribution in [0, 0.1) is 17.3 Å². The third-order valence-corrected chi connectivity index (χ3v) is 7.31. The van der Waals surface area contributed by atoms with E-state index in [0.717, 1.165) is 22.1 Å². The molecular formula is C26H22ClF3N2O3. The fraction of sp³-hybridized carbons (Fsp3) is 0.346. The van der Waals surface area contributed by atoms with Crippen LogP contribution in [0.5, 0.6) is 0 Å². The number of anilines is 1. The Morgan fingerprint density at radius 1 is 0.971 bits per heavy atom. The van der Waals surface area contributed by atoms with Gasteiger partial charge in [0.1, 0.15) is 6.04 Å². The number of alkyl halides is 3. The predicted molar refractivity (Wildman–Crippen MR) is 124 cm³/mol. The highest BCUT2D eigenvalue weighted by atomic mass is 35.5. The minimum atomic E-state index is -4.76.